The molecule has 2 heterocycles. The smallest absolute Gasteiger partial charge is 0.0357 e. The molecule has 2 rings (SSSR count). The molecule has 0 N–H and O–H groups in total. The first-order valence-electron chi connectivity index (χ1n) is 2.94. The first kappa shape index (κ1) is 6.13. The van der Waals surface area contributed by atoms with Gasteiger partial charge in [0.15, 0.2) is 0 Å². The minimum Gasteiger partial charge on any atom is -0.152 e. The highest BCUT2D eigenvalue weighted by Gasteiger charge is 1.95. The highest BCUT2D eigenvalue weighted by molar-refractivity contribution is 7.14. The first-order chi connectivity index (χ1) is 4.97. The Kier molecular flexibility index (Phi) is 1.57. The van der Waals surface area contributed by atoms with Crippen molar-refractivity contribution in [1.82, 2.24) is 0 Å². The van der Waals surface area contributed by atoms with Crippen molar-refractivity contribution in [3.63, 3.8) is 0 Å². The number of rotatable bonds is 1. The molecule has 49 valence electrons. The van der Waals surface area contributed by atoms with Gasteiger partial charge in [-0.2, -0.15) is 11.3 Å². The predicted molar refractivity (Wildman–Crippen MR) is 46.5 cm³/mol. The second kappa shape index (κ2) is 2.56. The molecule has 0 aliphatic carbocycles. The van der Waals surface area contributed by atoms with Crippen LogP contribution >= 0.6 is 22.7 Å². The van der Waals surface area contributed by atoms with Crippen LogP contribution in [0.4, 0.5) is 0 Å². The number of thiophene rings is 2. The summed E-state index contributed by atoms with van der Waals surface area (Å²) in [6.07, 6.45) is 0. The van der Waals surface area contributed by atoms with Crippen LogP contribution in [0.2, 0.25) is 0 Å². The average molecular weight is 165 g/mol. The minimum absolute atomic E-state index is 1.31. The summed E-state index contributed by atoms with van der Waals surface area (Å²) >= 11 is 3.46. The van der Waals surface area contributed by atoms with Crippen LogP contribution in [0.1, 0.15) is 0 Å². The van der Waals surface area contributed by atoms with Crippen LogP contribution in [-0.4, -0.2) is 0 Å². The van der Waals surface area contributed by atoms with Crippen molar-refractivity contribution >= 4 is 22.7 Å². The molecule has 2 aromatic rings. The quantitative estimate of drug-likeness (QED) is 0.608. The summed E-state index contributed by atoms with van der Waals surface area (Å²) in [6.45, 7) is 0. The molecule has 10 heavy (non-hydrogen) atoms. The Hall–Kier alpha value is -0.600. The Bertz CT molecular complexity index is 247. The van der Waals surface area contributed by atoms with Gasteiger partial charge in [-0.1, -0.05) is 0 Å². The third-order valence-corrected chi connectivity index (χ3v) is 2.82. The standard InChI is InChI=1S/C8H5S2/c1-2-8(10-4-1)7-3-5-9-6-7/h2-6H. The molecule has 0 aliphatic heterocycles. The summed E-state index contributed by atoms with van der Waals surface area (Å²) in [5.74, 6) is 0. The topological polar surface area (TPSA) is 0 Å². The molecule has 0 saturated heterocycles. The molecule has 0 unspecified atom stereocenters. The zero-order valence-electron chi connectivity index (χ0n) is 5.20. The minimum atomic E-state index is 1.31. The van der Waals surface area contributed by atoms with Gasteiger partial charge in [0.05, 0.1) is 0 Å². The zero-order chi connectivity index (χ0) is 6.81. The van der Waals surface area contributed by atoms with E-state index in [1.54, 1.807) is 22.7 Å². The summed E-state index contributed by atoms with van der Waals surface area (Å²) in [6, 6.07) is 7.19. The molecule has 0 saturated carbocycles. The number of hydrogen-bond acceptors (Lipinski definition) is 2. The van der Waals surface area contributed by atoms with Gasteiger partial charge < -0.3 is 0 Å². The molecule has 2 heteroatoms. The third-order valence-electron chi connectivity index (χ3n) is 1.27. The lowest BCUT2D eigenvalue weighted by Gasteiger charge is -1.85. The van der Waals surface area contributed by atoms with Gasteiger partial charge >= 0.3 is 0 Å². The lowest BCUT2D eigenvalue weighted by atomic mass is 10.3. The fraction of sp³-hybridized carbons (Fsp3) is 0. The van der Waals surface area contributed by atoms with Crippen molar-refractivity contribution in [2.75, 3.05) is 0 Å². The van der Waals surface area contributed by atoms with E-state index in [0.717, 1.165) is 0 Å². The highest BCUT2D eigenvalue weighted by Crippen LogP contribution is 2.25. The van der Waals surface area contributed by atoms with E-state index >= 15 is 0 Å². The van der Waals surface area contributed by atoms with Crippen LogP contribution in [0.25, 0.3) is 10.4 Å². The van der Waals surface area contributed by atoms with E-state index in [4.69, 9.17) is 0 Å². The Morgan fingerprint density at radius 2 is 2.40 bits per heavy atom. The maximum atomic E-state index is 3.04. The molecule has 0 aliphatic rings. The Morgan fingerprint density at radius 3 is 3.00 bits per heavy atom. The average Bonchev–Trinajstić information content (AvgIpc) is 2.59. The molecule has 1 radical (unpaired) electrons. The largest absolute Gasteiger partial charge is 0.152 e. The van der Waals surface area contributed by atoms with Gasteiger partial charge in [0, 0.05) is 10.4 Å². The molecule has 2 aromatic heterocycles. The van der Waals surface area contributed by atoms with Gasteiger partial charge in [0.1, 0.15) is 0 Å². The summed E-state index contributed by atoms with van der Waals surface area (Å²) in [4.78, 5) is 1.31. The van der Waals surface area contributed by atoms with Gasteiger partial charge in [0.2, 0.25) is 0 Å². The van der Waals surface area contributed by atoms with Crippen LogP contribution in [0.15, 0.2) is 28.3 Å². The molecule has 0 fully saturated rings. The maximum Gasteiger partial charge on any atom is 0.0357 e. The molecule has 0 bridgehead atoms. The van der Waals surface area contributed by atoms with Crippen LogP contribution in [-0.2, 0) is 0 Å². The first-order valence-corrected chi connectivity index (χ1v) is 4.76. The Balaban J connectivity index is 2.48. The zero-order valence-corrected chi connectivity index (χ0v) is 6.84. The van der Waals surface area contributed by atoms with E-state index in [2.05, 4.69) is 22.9 Å². The highest BCUT2D eigenvalue weighted by atomic mass is 32.1. The van der Waals surface area contributed by atoms with Crippen molar-refractivity contribution in [2.24, 2.45) is 0 Å². The van der Waals surface area contributed by atoms with Crippen LogP contribution in [0.3, 0.4) is 0 Å². The van der Waals surface area contributed by atoms with Gasteiger partial charge in [0.25, 0.3) is 0 Å². The predicted octanol–water partition coefficient (Wildman–Crippen LogP) is 3.28. The van der Waals surface area contributed by atoms with E-state index in [1.165, 1.54) is 10.4 Å². The van der Waals surface area contributed by atoms with Crippen molar-refractivity contribution < 1.29 is 0 Å². The van der Waals surface area contributed by atoms with Crippen LogP contribution in [0.5, 0.6) is 0 Å². The third kappa shape index (κ3) is 1.00. The van der Waals surface area contributed by atoms with E-state index < -0.39 is 0 Å². The lowest BCUT2D eigenvalue weighted by Crippen LogP contribution is -1.58. The van der Waals surface area contributed by atoms with Crippen LogP contribution < -0.4 is 0 Å². The van der Waals surface area contributed by atoms with Gasteiger partial charge in [-0.25, -0.2) is 0 Å². The molecule has 0 nitrogen and oxygen atoms in total. The molecular weight excluding hydrogens is 160 g/mol. The van der Waals surface area contributed by atoms with E-state index in [0.29, 0.717) is 0 Å². The maximum absolute atomic E-state index is 3.04. The van der Waals surface area contributed by atoms with Crippen molar-refractivity contribution in [1.29, 1.82) is 0 Å². The second-order valence-corrected chi connectivity index (χ2v) is 3.61. The molecule has 0 aromatic carbocycles. The Morgan fingerprint density at radius 1 is 1.40 bits per heavy atom. The summed E-state index contributed by atoms with van der Waals surface area (Å²) < 4.78 is 0. The normalized spacial score (nSPS) is 10.0. The summed E-state index contributed by atoms with van der Waals surface area (Å²) in [5.41, 5.74) is 1.32. The fourth-order valence-electron chi connectivity index (χ4n) is 0.797. The summed E-state index contributed by atoms with van der Waals surface area (Å²) in [7, 11) is 0. The van der Waals surface area contributed by atoms with Gasteiger partial charge in [-0.05, 0) is 34.3 Å². The van der Waals surface area contributed by atoms with Crippen molar-refractivity contribution in [3.05, 3.63) is 34.3 Å². The van der Waals surface area contributed by atoms with E-state index in [1.807, 2.05) is 11.4 Å². The summed E-state index contributed by atoms with van der Waals surface area (Å²) in [5, 5.41) is 6.22. The SMILES string of the molecule is [c]1csc(-c2ccsc2)c1. The Labute approximate surface area is 67.8 Å². The van der Waals surface area contributed by atoms with E-state index in [9.17, 15) is 0 Å². The monoisotopic (exact) mass is 165 g/mol. The molecule has 0 atom stereocenters. The fourth-order valence-corrected chi connectivity index (χ4v) is 2.19. The molecule has 0 amide bonds. The number of hydrogen-bond donors (Lipinski definition) is 0. The van der Waals surface area contributed by atoms with E-state index in [-0.39, 0.29) is 0 Å². The second-order valence-electron chi connectivity index (χ2n) is 1.92. The molecular formula is C8H5S2. The van der Waals surface area contributed by atoms with Gasteiger partial charge in [-0.15, -0.1) is 11.3 Å². The molecule has 0 spiro atoms. The van der Waals surface area contributed by atoms with Crippen molar-refractivity contribution in [3.8, 4) is 10.4 Å². The van der Waals surface area contributed by atoms with Crippen LogP contribution in [0, 0.1) is 6.07 Å². The van der Waals surface area contributed by atoms with Crippen molar-refractivity contribution in [2.45, 2.75) is 0 Å². The lowest BCUT2D eigenvalue weighted by molar-refractivity contribution is 1.88. The van der Waals surface area contributed by atoms with Gasteiger partial charge in [-0.3, -0.25) is 0 Å².